The highest BCUT2D eigenvalue weighted by molar-refractivity contribution is 7.85. The Bertz CT molecular complexity index is 1000. The molecule has 0 bridgehead atoms. The van der Waals surface area contributed by atoms with Crippen LogP contribution in [0.15, 0.2) is 42.7 Å². The van der Waals surface area contributed by atoms with E-state index in [0.29, 0.717) is 12.8 Å². The van der Waals surface area contributed by atoms with Crippen molar-refractivity contribution in [3.63, 3.8) is 0 Å². The van der Waals surface area contributed by atoms with Gasteiger partial charge in [-0.3, -0.25) is 4.55 Å². The van der Waals surface area contributed by atoms with Crippen molar-refractivity contribution in [3.8, 4) is 0 Å². The van der Waals surface area contributed by atoms with Crippen molar-refractivity contribution in [2.24, 2.45) is 0 Å². The average molecular weight is 516 g/mol. The Hall–Kier alpha value is -2.18. The minimum atomic E-state index is -3.87. The fourth-order valence-electron chi connectivity index (χ4n) is 4.39. The van der Waals surface area contributed by atoms with E-state index in [1.54, 1.807) is 0 Å². The fourth-order valence-corrected chi connectivity index (χ4v) is 4.96. The normalized spacial score (nSPS) is 11.9. The second-order valence-electron chi connectivity index (χ2n) is 9.85. The number of anilines is 1. The van der Waals surface area contributed by atoms with Crippen molar-refractivity contribution >= 4 is 28.0 Å². The summed E-state index contributed by atoms with van der Waals surface area (Å²) in [6.45, 7) is 9.63. The molecule has 5 nitrogen and oxygen atoms in total. The maximum Gasteiger partial charge on any atom is 0.264 e. The van der Waals surface area contributed by atoms with E-state index in [4.69, 9.17) is 4.55 Å². The van der Waals surface area contributed by atoms with Crippen LogP contribution in [-0.2, 0) is 16.7 Å². The summed E-state index contributed by atoms with van der Waals surface area (Å²) in [5.74, 6) is -0.179. The van der Waals surface area contributed by atoms with Crippen molar-refractivity contribution < 1.29 is 17.5 Å². The van der Waals surface area contributed by atoms with Gasteiger partial charge in [0.15, 0.2) is 12.4 Å². The van der Waals surface area contributed by atoms with Crippen LogP contribution in [0.5, 0.6) is 0 Å². The molecule has 0 unspecified atom stereocenters. The molecular weight excluding hydrogens is 468 g/mol. The summed E-state index contributed by atoms with van der Waals surface area (Å²) >= 11 is 0. The lowest BCUT2D eigenvalue weighted by Gasteiger charge is -2.25. The van der Waals surface area contributed by atoms with Gasteiger partial charge in [-0.25, -0.2) is 4.57 Å². The van der Waals surface area contributed by atoms with Gasteiger partial charge >= 0.3 is 0 Å². The highest BCUT2D eigenvalue weighted by Crippen LogP contribution is 2.19. The van der Waals surface area contributed by atoms with Gasteiger partial charge in [0.2, 0.25) is 0 Å². The number of hydrogen-bond donors (Lipinski definition) is 1. The van der Waals surface area contributed by atoms with Crippen LogP contribution in [0.25, 0.3) is 12.2 Å². The minimum absolute atomic E-state index is 0.179. The van der Waals surface area contributed by atoms with Crippen LogP contribution >= 0.6 is 0 Å². The largest absolute Gasteiger partial charge is 0.372 e. The third-order valence-electron chi connectivity index (χ3n) is 6.61. The molecule has 0 atom stereocenters. The topological polar surface area (TPSA) is 61.5 Å². The summed E-state index contributed by atoms with van der Waals surface area (Å²) in [5.41, 5.74) is 4.86. The highest BCUT2D eigenvalue weighted by Gasteiger charge is 2.08. The SMILES string of the molecule is CCCCCCN(CCCCCC)c1ccc(/C=C/c2cc[n+](CCCCS(=O)(=O)O)cc2C)cc1. The Kier molecular flexibility index (Phi) is 13.8. The lowest BCUT2D eigenvalue weighted by Crippen LogP contribution is -2.33. The van der Waals surface area contributed by atoms with E-state index < -0.39 is 10.1 Å². The molecule has 0 saturated heterocycles. The Morgan fingerprint density at radius 3 is 2.03 bits per heavy atom. The Morgan fingerprint density at radius 1 is 0.833 bits per heavy atom. The van der Waals surface area contributed by atoms with E-state index in [1.807, 2.05) is 6.20 Å². The lowest BCUT2D eigenvalue weighted by molar-refractivity contribution is -0.697. The van der Waals surface area contributed by atoms with E-state index in [9.17, 15) is 8.42 Å². The van der Waals surface area contributed by atoms with Crippen LogP contribution < -0.4 is 9.47 Å². The first-order valence-corrected chi connectivity index (χ1v) is 15.4. The molecule has 2 aromatic rings. The van der Waals surface area contributed by atoms with Gasteiger partial charge in [-0.1, -0.05) is 76.7 Å². The van der Waals surface area contributed by atoms with Crippen LogP contribution in [0.2, 0.25) is 0 Å². The summed E-state index contributed by atoms with van der Waals surface area (Å²) in [7, 11) is -3.87. The molecular formula is C30H47N2O3S+. The smallest absolute Gasteiger partial charge is 0.264 e. The number of aromatic nitrogens is 1. The molecule has 0 saturated carbocycles. The quantitative estimate of drug-likeness (QED) is 0.131. The Balaban J connectivity index is 1.95. The van der Waals surface area contributed by atoms with E-state index in [1.165, 1.54) is 73.7 Å². The molecule has 200 valence electrons. The Morgan fingerprint density at radius 2 is 1.47 bits per heavy atom. The molecule has 6 heteroatoms. The molecule has 2 rings (SSSR count). The number of hydrogen-bond acceptors (Lipinski definition) is 3. The van der Waals surface area contributed by atoms with Gasteiger partial charge in [-0.2, -0.15) is 8.42 Å². The monoisotopic (exact) mass is 515 g/mol. The molecule has 0 amide bonds. The van der Waals surface area contributed by atoms with Crippen molar-refractivity contribution in [2.75, 3.05) is 23.7 Å². The highest BCUT2D eigenvalue weighted by atomic mass is 32.2. The molecule has 1 aromatic heterocycles. The van der Waals surface area contributed by atoms with Crippen molar-refractivity contribution in [3.05, 3.63) is 59.4 Å². The van der Waals surface area contributed by atoms with E-state index in [2.05, 4.69) is 78.9 Å². The molecule has 0 aliphatic carbocycles. The second kappa shape index (κ2) is 16.5. The van der Waals surface area contributed by atoms with Gasteiger partial charge in [-0.05, 0) is 49.4 Å². The van der Waals surface area contributed by atoms with Crippen LogP contribution in [-0.4, -0.2) is 31.8 Å². The summed E-state index contributed by atoms with van der Waals surface area (Å²) < 4.78 is 32.6. The molecule has 0 radical (unpaired) electrons. The zero-order chi connectivity index (χ0) is 26.2. The molecule has 1 heterocycles. The van der Waals surface area contributed by atoms with Gasteiger partial charge in [0.1, 0.15) is 6.54 Å². The number of unbranched alkanes of at least 4 members (excludes halogenated alkanes) is 7. The fraction of sp³-hybridized carbons (Fsp3) is 0.567. The first kappa shape index (κ1) is 30.0. The predicted molar refractivity (Wildman–Crippen MR) is 153 cm³/mol. The number of benzene rings is 1. The maximum atomic E-state index is 10.8. The minimum Gasteiger partial charge on any atom is -0.372 e. The van der Waals surface area contributed by atoms with Gasteiger partial charge in [0, 0.05) is 36.8 Å². The molecule has 1 aromatic carbocycles. The zero-order valence-corrected chi connectivity index (χ0v) is 23.5. The number of nitrogens with zero attached hydrogens (tertiary/aromatic N) is 2. The lowest BCUT2D eigenvalue weighted by atomic mass is 10.1. The molecule has 0 fully saturated rings. The number of rotatable bonds is 18. The zero-order valence-electron chi connectivity index (χ0n) is 22.7. The first-order valence-electron chi connectivity index (χ1n) is 13.8. The van der Waals surface area contributed by atoms with Crippen LogP contribution in [0.1, 0.15) is 94.7 Å². The van der Waals surface area contributed by atoms with Crippen molar-refractivity contribution in [2.45, 2.75) is 91.5 Å². The Labute approximate surface area is 220 Å². The van der Waals surface area contributed by atoms with E-state index >= 15 is 0 Å². The number of aryl methyl sites for hydroxylation is 2. The average Bonchev–Trinajstić information content (AvgIpc) is 2.85. The molecule has 0 aliphatic rings. The van der Waals surface area contributed by atoms with Gasteiger partial charge in [-0.15, -0.1) is 0 Å². The summed E-state index contributed by atoms with van der Waals surface area (Å²) in [4.78, 5) is 2.56. The molecule has 1 N–H and O–H groups in total. The molecule has 0 aliphatic heterocycles. The third-order valence-corrected chi connectivity index (χ3v) is 7.41. The van der Waals surface area contributed by atoms with E-state index in [-0.39, 0.29) is 5.75 Å². The summed E-state index contributed by atoms with van der Waals surface area (Å²) in [6.07, 6.45) is 19.9. The van der Waals surface area contributed by atoms with Gasteiger partial charge < -0.3 is 4.90 Å². The summed E-state index contributed by atoms with van der Waals surface area (Å²) in [6, 6.07) is 11.0. The van der Waals surface area contributed by atoms with Gasteiger partial charge in [0.25, 0.3) is 10.1 Å². The predicted octanol–water partition coefficient (Wildman–Crippen LogP) is 7.09. The summed E-state index contributed by atoms with van der Waals surface area (Å²) in [5, 5.41) is 0. The molecule has 0 spiro atoms. The standard InChI is InChI=1S/C30H46N2O3S/c1-4-6-8-10-22-32(23-11-9-7-5-2)30-18-15-28(16-19-30)14-17-29-20-24-31(26-27(29)3)21-12-13-25-36(33,34)35/h14-20,24,26H,4-13,21-23,25H2,1-3H3/p+1. The van der Waals surface area contributed by atoms with Crippen LogP contribution in [0, 0.1) is 6.92 Å². The van der Waals surface area contributed by atoms with Crippen molar-refractivity contribution in [1.29, 1.82) is 0 Å². The maximum absolute atomic E-state index is 10.8. The number of pyridine rings is 1. The first-order chi connectivity index (χ1) is 17.3. The molecule has 36 heavy (non-hydrogen) atoms. The third kappa shape index (κ3) is 12.2. The second-order valence-corrected chi connectivity index (χ2v) is 11.4. The van der Waals surface area contributed by atoms with Crippen molar-refractivity contribution in [1.82, 2.24) is 0 Å². The van der Waals surface area contributed by atoms with Gasteiger partial charge in [0.05, 0.1) is 5.75 Å². The van der Waals surface area contributed by atoms with Crippen LogP contribution in [0.4, 0.5) is 5.69 Å². The van der Waals surface area contributed by atoms with Crippen LogP contribution in [0.3, 0.4) is 0 Å². The van der Waals surface area contributed by atoms with E-state index in [0.717, 1.165) is 19.6 Å².